The molecule has 1 nitrogen and oxygen atoms in total. The van der Waals surface area contributed by atoms with Crippen LogP contribution in [0, 0.1) is 0 Å². The maximum atomic E-state index is 2.89. The van der Waals surface area contributed by atoms with Crippen LogP contribution < -0.4 is 0 Å². The second kappa shape index (κ2) is 14.0. The Kier molecular flexibility index (Phi) is 14.2. The normalized spacial score (nSPS) is 12.2. The van der Waals surface area contributed by atoms with E-state index in [1.54, 1.807) is 13.3 Å². The van der Waals surface area contributed by atoms with Crippen LogP contribution in [0.5, 0.6) is 0 Å². The summed E-state index contributed by atoms with van der Waals surface area (Å²) in [7, 11) is 0. The van der Waals surface area contributed by atoms with Gasteiger partial charge in [-0.3, -0.25) is 0 Å². The van der Waals surface area contributed by atoms with Crippen molar-refractivity contribution in [1.29, 1.82) is 0 Å². The van der Waals surface area contributed by atoms with Gasteiger partial charge in [-0.2, -0.15) is 0 Å². The molecular weight excluding hydrogens is 361 g/mol. The van der Waals surface area contributed by atoms with E-state index in [4.69, 9.17) is 0 Å². The first kappa shape index (κ1) is 21.3. The maximum absolute atomic E-state index is 2.89. The van der Waals surface area contributed by atoms with Gasteiger partial charge >= 0.3 is 140 Å². The fourth-order valence-corrected chi connectivity index (χ4v) is 19.7. The Balaban J connectivity index is 5.11. The average molecular weight is 402 g/mol. The molecule has 0 aliphatic heterocycles. The van der Waals surface area contributed by atoms with Gasteiger partial charge in [-0.25, -0.2) is 0 Å². The van der Waals surface area contributed by atoms with E-state index in [0.29, 0.717) is 0 Å². The standard InChI is InChI=1S/C7H14N.3C4H9.Sn/c1-3-5-6-7-8-4-2;3*1-3-4-2;/h6-7H,3-5H2,1-2H3;3*1,3-4H2,2H3;/q-1;;;;+1. The zero-order valence-corrected chi connectivity index (χ0v) is 18.4. The number of hydrogen-bond acceptors (Lipinski definition) is 1. The van der Waals surface area contributed by atoms with Crippen LogP contribution in [0.15, 0.2) is 12.3 Å². The Morgan fingerprint density at radius 1 is 0.714 bits per heavy atom. The van der Waals surface area contributed by atoms with Crippen LogP contribution in [0.2, 0.25) is 13.3 Å². The fourth-order valence-electron chi connectivity index (χ4n) is 3.29. The number of rotatable bonds is 14. The Morgan fingerprint density at radius 3 is 1.52 bits per heavy atom. The van der Waals surface area contributed by atoms with Gasteiger partial charge in [0, 0.05) is 0 Å². The molecule has 0 N–H and O–H groups in total. The third-order valence-corrected chi connectivity index (χ3v) is 20.5. The zero-order valence-electron chi connectivity index (χ0n) is 15.6. The molecule has 0 spiro atoms. The van der Waals surface area contributed by atoms with Crippen LogP contribution in [0.4, 0.5) is 0 Å². The van der Waals surface area contributed by atoms with Crippen LogP contribution in [0.3, 0.4) is 0 Å². The van der Waals surface area contributed by atoms with Gasteiger partial charge in [0.05, 0.1) is 0 Å². The molecule has 0 saturated carbocycles. The van der Waals surface area contributed by atoms with Crippen LogP contribution >= 0.6 is 0 Å². The monoisotopic (exact) mass is 403 g/mol. The van der Waals surface area contributed by atoms with Crippen LogP contribution in [-0.4, -0.2) is 28.3 Å². The summed E-state index contributed by atoms with van der Waals surface area (Å²) in [5.74, 6) is 0. The molecular formula is C19H41NSn. The van der Waals surface area contributed by atoms with E-state index < -0.39 is 18.7 Å². The van der Waals surface area contributed by atoms with Gasteiger partial charge in [-0.05, 0) is 0 Å². The molecule has 0 aromatic carbocycles. The first-order valence-corrected chi connectivity index (χ1v) is 17.0. The van der Waals surface area contributed by atoms with Crippen molar-refractivity contribution in [2.45, 2.75) is 99.3 Å². The van der Waals surface area contributed by atoms with Gasteiger partial charge in [0.2, 0.25) is 0 Å². The first-order valence-electron chi connectivity index (χ1n) is 9.64. The van der Waals surface area contributed by atoms with Crippen LogP contribution in [0.1, 0.15) is 86.0 Å². The Hall–Kier alpha value is 0.339. The van der Waals surface area contributed by atoms with Crippen molar-refractivity contribution in [2.24, 2.45) is 0 Å². The number of hydrogen-bond donors (Lipinski definition) is 0. The molecule has 0 aromatic rings. The molecule has 0 bridgehead atoms. The summed E-state index contributed by atoms with van der Waals surface area (Å²) >= 11 is -2.17. The summed E-state index contributed by atoms with van der Waals surface area (Å²) in [5.41, 5.74) is 0. The average Bonchev–Trinajstić information content (AvgIpc) is 2.52. The summed E-state index contributed by atoms with van der Waals surface area (Å²) in [6, 6.07) is 0. The van der Waals surface area contributed by atoms with E-state index in [-0.39, 0.29) is 0 Å². The van der Waals surface area contributed by atoms with Crippen molar-refractivity contribution >= 4 is 18.7 Å². The number of nitrogens with zero attached hydrogens (tertiary/aromatic N) is 1. The van der Waals surface area contributed by atoms with E-state index in [2.05, 4.69) is 50.0 Å². The van der Waals surface area contributed by atoms with E-state index in [9.17, 15) is 0 Å². The van der Waals surface area contributed by atoms with Gasteiger partial charge in [-0.1, -0.05) is 0 Å². The molecule has 0 atom stereocenters. The number of unbranched alkanes of at least 4 members (excludes halogenated alkanes) is 4. The van der Waals surface area contributed by atoms with Crippen molar-refractivity contribution in [3.63, 3.8) is 0 Å². The van der Waals surface area contributed by atoms with Crippen molar-refractivity contribution in [3.8, 4) is 0 Å². The summed E-state index contributed by atoms with van der Waals surface area (Å²) in [5, 5.41) is 0. The predicted molar refractivity (Wildman–Crippen MR) is 101 cm³/mol. The van der Waals surface area contributed by atoms with Crippen molar-refractivity contribution in [1.82, 2.24) is 3.12 Å². The van der Waals surface area contributed by atoms with E-state index in [1.165, 1.54) is 57.9 Å². The fraction of sp³-hybridized carbons (Fsp3) is 0.895. The molecule has 0 aromatic heterocycles. The third-order valence-electron chi connectivity index (χ3n) is 4.68. The molecule has 2 heteroatoms. The molecule has 0 fully saturated rings. The van der Waals surface area contributed by atoms with Gasteiger partial charge in [0.15, 0.2) is 0 Å². The SMILES string of the molecule is CCCC=C[N](CC)[Sn]([CH2]CCC)([CH2]CCC)[CH2]CCC. The predicted octanol–water partition coefficient (Wildman–Crippen LogP) is 6.97. The topological polar surface area (TPSA) is 3.24 Å². The molecule has 0 rings (SSSR count). The molecule has 0 saturated heterocycles. The summed E-state index contributed by atoms with van der Waals surface area (Å²) < 4.78 is 7.63. The molecule has 0 heterocycles. The number of allylic oxidation sites excluding steroid dienone is 1. The van der Waals surface area contributed by atoms with Crippen molar-refractivity contribution in [2.75, 3.05) is 6.54 Å². The van der Waals surface area contributed by atoms with Crippen LogP contribution in [0.25, 0.3) is 0 Å². The molecule has 21 heavy (non-hydrogen) atoms. The molecule has 0 radical (unpaired) electrons. The third kappa shape index (κ3) is 8.52. The van der Waals surface area contributed by atoms with Gasteiger partial charge in [-0.15, -0.1) is 0 Å². The van der Waals surface area contributed by atoms with Crippen LogP contribution in [-0.2, 0) is 0 Å². The summed E-state index contributed by atoms with van der Waals surface area (Å²) in [6.07, 6.45) is 16.0. The zero-order chi connectivity index (χ0) is 16.0. The summed E-state index contributed by atoms with van der Waals surface area (Å²) in [6.45, 7) is 13.0. The molecule has 126 valence electrons. The molecule has 0 amide bonds. The molecule has 0 unspecified atom stereocenters. The van der Waals surface area contributed by atoms with Gasteiger partial charge < -0.3 is 0 Å². The second-order valence-corrected chi connectivity index (χ2v) is 19.4. The molecule has 0 aliphatic carbocycles. The minimum absolute atomic E-state index is 1.24. The summed E-state index contributed by atoms with van der Waals surface area (Å²) in [4.78, 5) is 0. The first-order chi connectivity index (χ1) is 10.2. The minimum atomic E-state index is -2.17. The Bertz CT molecular complexity index is 228. The molecule has 0 aliphatic rings. The van der Waals surface area contributed by atoms with Gasteiger partial charge in [0.1, 0.15) is 0 Å². The van der Waals surface area contributed by atoms with E-state index in [1.807, 2.05) is 0 Å². The van der Waals surface area contributed by atoms with E-state index in [0.717, 1.165) is 0 Å². The quantitative estimate of drug-likeness (QED) is 0.284. The van der Waals surface area contributed by atoms with Crippen molar-refractivity contribution < 1.29 is 0 Å². The Morgan fingerprint density at radius 2 is 1.19 bits per heavy atom. The van der Waals surface area contributed by atoms with E-state index >= 15 is 0 Å². The second-order valence-electron chi connectivity index (χ2n) is 6.49. The van der Waals surface area contributed by atoms with Gasteiger partial charge in [0.25, 0.3) is 0 Å². The van der Waals surface area contributed by atoms with Crippen molar-refractivity contribution in [3.05, 3.63) is 12.3 Å². The Labute approximate surface area is 139 Å².